The van der Waals surface area contributed by atoms with E-state index >= 15 is 0 Å². The predicted molar refractivity (Wildman–Crippen MR) is 124 cm³/mol. The zero-order valence-corrected chi connectivity index (χ0v) is 19.5. The maximum absolute atomic E-state index is 11.9. The van der Waals surface area contributed by atoms with E-state index in [0.717, 1.165) is 57.1 Å². The lowest BCUT2D eigenvalue weighted by Crippen LogP contribution is -2.36. The second kappa shape index (κ2) is 11.1. The number of hydrogen-bond acceptors (Lipinski definition) is 8. The van der Waals surface area contributed by atoms with Crippen molar-refractivity contribution in [2.75, 3.05) is 44.9 Å². The van der Waals surface area contributed by atoms with Gasteiger partial charge < -0.3 is 24.3 Å². The highest BCUT2D eigenvalue weighted by molar-refractivity contribution is 5.79. The molecule has 0 aliphatic carbocycles. The first-order chi connectivity index (χ1) is 16.6. The number of aromatic nitrogens is 3. The van der Waals surface area contributed by atoms with Crippen LogP contribution in [0.2, 0.25) is 0 Å². The van der Waals surface area contributed by atoms with Gasteiger partial charge in [0.2, 0.25) is 11.8 Å². The van der Waals surface area contributed by atoms with Crippen LogP contribution in [0.4, 0.5) is 5.69 Å². The Labute approximate surface area is 198 Å². The van der Waals surface area contributed by atoms with E-state index in [1.807, 2.05) is 9.80 Å². The first-order valence-electron chi connectivity index (χ1n) is 11.7. The number of anilines is 1. The van der Waals surface area contributed by atoms with E-state index in [-0.39, 0.29) is 11.5 Å². The molecule has 2 saturated heterocycles. The van der Waals surface area contributed by atoms with Gasteiger partial charge in [0.05, 0.1) is 43.1 Å². The number of nitrogens with zero attached hydrogens (tertiary/aromatic N) is 5. The van der Waals surface area contributed by atoms with Gasteiger partial charge in [-0.3, -0.25) is 9.59 Å². The molecule has 0 radical (unpaired) electrons. The van der Waals surface area contributed by atoms with Gasteiger partial charge in [-0.25, -0.2) is 9.97 Å². The Morgan fingerprint density at radius 1 is 1.24 bits per heavy atom. The lowest BCUT2D eigenvalue weighted by molar-refractivity contribution is -0.137. The molecule has 1 N–H and O–H groups in total. The predicted octanol–water partition coefficient (Wildman–Crippen LogP) is 1.64. The van der Waals surface area contributed by atoms with E-state index < -0.39 is 0 Å². The molecule has 2 aromatic rings. The molecule has 0 spiro atoms. The maximum Gasteiger partial charge on any atom is 0.255 e. The van der Waals surface area contributed by atoms with Gasteiger partial charge in [0.15, 0.2) is 0 Å². The quantitative estimate of drug-likeness (QED) is 0.724. The molecule has 3 aliphatic heterocycles. The van der Waals surface area contributed by atoms with Gasteiger partial charge in [-0.2, -0.15) is 5.26 Å². The van der Waals surface area contributed by atoms with E-state index in [1.54, 1.807) is 12.3 Å². The van der Waals surface area contributed by atoms with Crippen molar-refractivity contribution in [3.05, 3.63) is 45.8 Å². The summed E-state index contributed by atoms with van der Waals surface area (Å²) in [7, 11) is 1.48. The Bertz CT molecular complexity index is 1100. The highest BCUT2D eigenvalue weighted by atomic mass is 16.5. The van der Waals surface area contributed by atoms with Gasteiger partial charge in [-0.1, -0.05) is 0 Å². The number of methoxy groups -OCH3 is 1. The SMILES string of the molecule is COc1ncc(N2CCc3nc[nH]c(=O)c3C2)cc1C#N.O=C(C1CCOCC1)N1CCCC1. The molecule has 10 heteroatoms. The summed E-state index contributed by atoms with van der Waals surface area (Å²) in [6.07, 6.45) is 8.00. The van der Waals surface area contributed by atoms with Gasteiger partial charge >= 0.3 is 0 Å². The van der Waals surface area contributed by atoms with Crippen LogP contribution in [0.15, 0.2) is 23.4 Å². The molecule has 0 aromatic carbocycles. The summed E-state index contributed by atoms with van der Waals surface area (Å²) < 4.78 is 10.3. The Morgan fingerprint density at radius 2 is 2.00 bits per heavy atom. The number of amides is 1. The van der Waals surface area contributed by atoms with Crippen molar-refractivity contribution >= 4 is 11.6 Å². The first-order valence-corrected chi connectivity index (χ1v) is 11.7. The zero-order chi connectivity index (χ0) is 23.9. The van der Waals surface area contributed by atoms with Crippen LogP contribution < -0.4 is 15.2 Å². The number of carbonyl (C=O) groups is 1. The number of nitrogens with one attached hydrogen (secondary N) is 1. The molecule has 0 bridgehead atoms. The van der Waals surface area contributed by atoms with Crippen molar-refractivity contribution in [3.8, 4) is 11.9 Å². The minimum atomic E-state index is -0.119. The van der Waals surface area contributed by atoms with Gasteiger partial charge in [-0.15, -0.1) is 0 Å². The third-order valence-corrected chi connectivity index (χ3v) is 6.51. The molecule has 0 unspecified atom stereocenters. The molecule has 180 valence electrons. The van der Waals surface area contributed by atoms with E-state index in [9.17, 15) is 9.59 Å². The lowest BCUT2D eigenvalue weighted by atomic mass is 9.99. The fourth-order valence-corrected chi connectivity index (χ4v) is 4.57. The van der Waals surface area contributed by atoms with Crippen molar-refractivity contribution < 1.29 is 14.3 Å². The van der Waals surface area contributed by atoms with Gasteiger partial charge in [0.1, 0.15) is 11.6 Å². The highest BCUT2D eigenvalue weighted by Crippen LogP contribution is 2.25. The summed E-state index contributed by atoms with van der Waals surface area (Å²) >= 11 is 0. The van der Waals surface area contributed by atoms with Crippen LogP contribution in [-0.2, 0) is 22.5 Å². The van der Waals surface area contributed by atoms with E-state index in [4.69, 9.17) is 14.7 Å². The summed E-state index contributed by atoms with van der Waals surface area (Å²) in [5.74, 6) is 0.936. The minimum Gasteiger partial charge on any atom is -0.480 e. The second-order valence-corrected chi connectivity index (χ2v) is 8.61. The summed E-state index contributed by atoms with van der Waals surface area (Å²) in [5.41, 5.74) is 2.55. The van der Waals surface area contributed by atoms with Gasteiger partial charge in [0.25, 0.3) is 5.56 Å². The summed E-state index contributed by atoms with van der Waals surface area (Å²) in [4.78, 5) is 38.7. The maximum atomic E-state index is 11.9. The first kappa shape index (κ1) is 23.7. The zero-order valence-electron chi connectivity index (χ0n) is 19.5. The number of aromatic amines is 1. The number of nitriles is 1. The smallest absolute Gasteiger partial charge is 0.255 e. The summed E-state index contributed by atoms with van der Waals surface area (Å²) in [6.45, 7) is 4.68. The Balaban J connectivity index is 0.000000180. The van der Waals surface area contributed by atoms with Crippen molar-refractivity contribution in [2.24, 2.45) is 5.92 Å². The minimum absolute atomic E-state index is 0.119. The van der Waals surface area contributed by atoms with Gasteiger partial charge in [0, 0.05) is 45.2 Å². The second-order valence-electron chi connectivity index (χ2n) is 8.61. The highest BCUT2D eigenvalue weighted by Gasteiger charge is 2.27. The molecule has 0 saturated carbocycles. The third-order valence-electron chi connectivity index (χ3n) is 6.51. The molecular formula is C24H30N6O4. The Hall–Kier alpha value is -3.45. The van der Waals surface area contributed by atoms with Gasteiger partial charge in [-0.05, 0) is 31.7 Å². The number of ether oxygens (including phenoxy) is 2. The van der Waals surface area contributed by atoms with Crippen molar-refractivity contribution in [3.63, 3.8) is 0 Å². The number of carbonyl (C=O) groups excluding carboxylic acids is 1. The normalized spacial score (nSPS) is 17.9. The van der Waals surface area contributed by atoms with E-state index in [1.165, 1.54) is 26.3 Å². The average molecular weight is 467 g/mol. The molecule has 2 fully saturated rings. The van der Waals surface area contributed by atoms with Crippen molar-refractivity contribution in [2.45, 2.75) is 38.6 Å². The standard InChI is InChI=1S/C14H13N5O2.C10H17NO2/c1-21-14-9(5-15)4-10(6-16-14)19-3-2-12-11(7-19)13(20)18-8-17-12;12-10(11-5-1-2-6-11)9-3-7-13-8-4-9/h4,6,8H,2-3,7H2,1H3,(H,17,18,20);9H,1-8H2. The van der Waals surface area contributed by atoms with Crippen LogP contribution in [0.1, 0.15) is 42.5 Å². The molecule has 34 heavy (non-hydrogen) atoms. The van der Waals surface area contributed by atoms with Crippen LogP contribution in [0.5, 0.6) is 5.88 Å². The lowest BCUT2D eigenvalue weighted by Gasteiger charge is -2.29. The average Bonchev–Trinajstić information content (AvgIpc) is 3.44. The fourth-order valence-electron chi connectivity index (χ4n) is 4.57. The number of rotatable bonds is 3. The molecule has 1 amide bonds. The monoisotopic (exact) mass is 466 g/mol. The van der Waals surface area contributed by atoms with Crippen LogP contribution in [0, 0.1) is 17.2 Å². The summed E-state index contributed by atoms with van der Waals surface area (Å²) in [6, 6.07) is 3.79. The van der Waals surface area contributed by atoms with E-state index in [0.29, 0.717) is 35.9 Å². The molecule has 2 aromatic heterocycles. The third kappa shape index (κ3) is 5.37. The summed E-state index contributed by atoms with van der Waals surface area (Å²) in [5, 5.41) is 9.12. The molecule has 5 rings (SSSR count). The van der Waals surface area contributed by atoms with Crippen LogP contribution >= 0.6 is 0 Å². The Morgan fingerprint density at radius 3 is 2.71 bits per heavy atom. The van der Waals surface area contributed by atoms with E-state index in [2.05, 4.69) is 21.0 Å². The number of hydrogen-bond donors (Lipinski definition) is 1. The largest absolute Gasteiger partial charge is 0.480 e. The van der Waals surface area contributed by atoms with Crippen LogP contribution in [-0.4, -0.2) is 65.7 Å². The van der Waals surface area contributed by atoms with Crippen molar-refractivity contribution in [1.29, 1.82) is 5.26 Å². The number of H-pyrrole nitrogens is 1. The topological polar surface area (TPSA) is 124 Å². The van der Waals surface area contributed by atoms with Crippen LogP contribution in [0.3, 0.4) is 0 Å². The molecule has 10 nitrogen and oxygen atoms in total. The molecular weight excluding hydrogens is 436 g/mol. The number of pyridine rings is 1. The number of fused-ring (bicyclic) bond motifs is 1. The fraction of sp³-hybridized carbons (Fsp3) is 0.542. The number of likely N-dealkylation sites (tertiary alicyclic amines) is 1. The Kier molecular flexibility index (Phi) is 7.75. The van der Waals surface area contributed by atoms with Crippen LogP contribution in [0.25, 0.3) is 0 Å². The molecule has 5 heterocycles. The van der Waals surface area contributed by atoms with Crippen molar-refractivity contribution in [1.82, 2.24) is 19.9 Å². The molecule has 0 atom stereocenters. The molecule has 3 aliphatic rings.